The standard InChI is InChI=1S/C11H16BrNOS/c1-9(10-5-4-8-15-10)13-11(14)6-2-3-7-12/h4-5,8-9H,2-3,6-7H2,1H3,(H,13,14)/t9-/m1/s1. The molecule has 0 bridgehead atoms. The molecule has 0 aliphatic heterocycles. The molecule has 0 fully saturated rings. The van der Waals surface area contributed by atoms with Gasteiger partial charge in [0.25, 0.3) is 0 Å². The molecule has 0 saturated carbocycles. The summed E-state index contributed by atoms with van der Waals surface area (Å²) in [5, 5.41) is 6.00. The van der Waals surface area contributed by atoms with Crippen molar-refractivity contribution in [1.82, 2.24) is 5.32 Å². The van der Waals surface area contributed by atoms with Crippen molar-refractivity contribution in [3.63, 3.8) is 0 Å². The van der Waals surface area contributed by atoms with E-state index in [-0.39, 0.29) is 11.9 Å². The lowest BCUT2D eigenvalue weighted by Gasteiger charge is -2.11. The predicted octanol–water partition coefficient (Wildman–Crippen LogP) is 3.49. The largest absolute Gasteiger partial charge is 0.349 e. The summed E-state index contributed by atoms with van der Waals surface area (Å²) >= 11 is 5.03. The Hall–Kier alpha value is -0.350. The van der Waals surface area contributed by atoms with Gasteiger partial charge in [-0.15, -0.1) is 11.3 Å². The monoisotopic (exact) mass is 289 g/mol. The fourth-order valence-electron chi connectivity index (χ4n) is 1.30. The summed E-state index contributed by atoms with van der Waals surface area (Å²) in [6.07, 6.45) is 2.64. The number of hydrogen-bond acceptors (Lipinski definition) is 2. The fourth-order valence-corrected chi connectivity index (χ4v) is 2.43. The van der Waals surface area contributed by atoms with Crippen molar-refractivity contribution in [2.24, 2.45) is 0 Å². The minimum Gasteiger partial charge on any atom is -0.349 e. The van der Waals surface area contributed by atoms with Gasteiger partial charge in [-0.3, -0.25) is 4.79 Å². The van der Waals surface area contributed by atoms with E-state index in [1.165, 1.54) is 4.88 Å². The molecule has 0 aliphatic carbocycles. The highest BCUT2D eigenvalue weighted by molar-refractivity contribution is 9.09. The van der Waals surface area contributed by atoms with Gasteiger partial charge < -0.3 is 5.32 Å². The first-order valence-corrected chi connectivity index (χ1v) is 7.13. The van der Waals surface area contributed by atoms with Crippen LogP contribution in [0.3, 0.4) is 0 Å². The number of hydrogen-bond donors (Lipinski definition) is 1. The van der Waals surface area contributed by atoms with Crippen LogP contribution < -0.4 is 5.32 Å². The van der Waals surface area contributed by atoms with E-state index in [2.05, 4.69) is 21.2 Å². The zero-order valence-corrected chi connectivity index (χ0v) is 11.2. The molecule has 2 nitrogen and oxygen atoms in total. The van der Waals surface area contributed by atoms with E-state index < -0.39 is 0 Å². The van der Waals surface area contributed by atoms with Crippen molar-refractivity contribution in [3.05, 3.63) is 22.4 Å². The Morgan fingerprint density at radius 2 is 2.40 bits per heavy atom. The first-order chi connectivity index (χ1) is 7.24. The summed E-state index contributed by atoms with van der Waals surface area (Å²) in [6, 6.07) is 4.20. The molecule has 0 aromatic carbocycles. The summed E-state index contributed by atoms with van der Waals surface area (Å²) < 4.78 is 0. The van der Waals surface area contributed by atoms with E-state index in [1.54, 1.807) is 11.3 Å². The molecule has 1 heterocycles. The molecule has 1 aromatic heterocycles. The second-order valence-electron chi connectivity index (χ2n) is 3.45. The van der Waals surface area contributed by atoms with E-state index in [1.807, 2.05) is 24.4 Å². The number of thiophene rings is 1. The number of nitrogens with one attached hydrogen (secondary N) is 1. The molecule has 0 saturated heterocycles. The van der Waals surface area contributed by atoms with Crippen LogP contribution in [-0.4, -0.2) is 11.2 Å². The number of rotatable bonds is 6. The Balaban J connectivity index is 2.26. The third-order valence-electron chi connectivity index (χ3n) is 2.13. The SMILES string of the molecule is C[C@@H](NC(=O)CCCCBr)c1cccs1. The average Bonchev–Trinajstić information content (AvgIpc) is 2.70. The van der Waals surface area contributed by atoms with Crippen molar-refractivity contribution < 1.29 is 4.79 Å². The Bertz CT molecular complexity index is 287. The highest BCUT2D eigenvalue weighted by Gasteiger charge is 2.09. The summed E-state index contributed by atoms with van der Waals surface area (Å²) in [4.78, 5) is 12.7. The van der Waals surface area contributed by atoms with Crippen molar-refractivity contribution in [2.45, 2.75) is 32.2 Å². The summed E-state index contributed by atoms with van der Waals surface area (Å²) in [5.74, 6) is 0.150. The average molecular weight is 290 g/mol. The maximum absolute atomic E-state index is 11.5. The van der Waals surface area contributed by atoms with Gasteiger partial charge >= 0.3 is 0 Å². The Morgan fingerprint density at radius 3 is 3.00 bits per heavy atom. The van der Waals surface area contributed by atoms with Gasteiger partial charge in [0.1, 0.15) is 0 Å². The van der Waals surface area contributed by atoms with Crippen molar-refractivity contribution in [1.29, 1.82) is 0 Å². The van der Waals surface area contributed by atoms with Crippen LogP contribution in [0.2, 0.25) is 0 Å². The predicted molar refractivity (Wildman–Crippen MR) is 68.5 cm³/mol. The fraction of sp³-hybridized carbons (Fsp3) is 0.545. The van der Waals surface area contributed by atoms with Gasteiger partial charge in [-0.05, 0) is 31.2 Å². The molecular weight excluding hydrogens is 274 g/mol. The van der Waals surface area contributed by atoms with E-state index in [4.69, 9.17) is 0 Å². The first-order valence-electron chi connectivity index (χ1n) is 5.12. The number of halogens is 1. The molecule has 0 aliphatic rings. The second-order valence-corrected chi connectivity index (χ2v) is 5.22. The van der Waals surface area contributed by atoms with Crippen molar-refractivity contribution >= 4 is 33.2 Å². The molecule has 1 amide bonds. The Labute approximate surface area is 103 Å². The van der Waals surface area contributed by atoms with Crippen LogP contribution >= 0.6 is 27.3 Å². The third-order valence-corrected chi connectivity index (χ3v) is 3.75. The molecule has 1 rings (SSSR count). The quantitative estimate of drug-likeness (QED) is 0.630. The van der Waals surface area contributed by atoms with Crippen LogP contribution in [0, 0.1) is 0 Å². The van der Waals surface area contributed by atoms with Crippen LogP contribution in [0.25, 0.3) is 0 Å². The summed E-state index contributed by atoms with van der Waals surface area (Å²) in [6.45, 7) is 2.02. The van der Waals surface area contributed by atoms with Gasteiger partial charge in [0, 0.05) is 16.6 Å². The normalized spacial score (nSPS) is 12.4. The van der Waals surface area contributed by atoms with Gasteiger partial charge in [-0.2, -0.15) is 0 Å². The number of alkyl halides is 1. The molecule has 0 radical (unpaired) electrons. The van der Waals surface area contributed by atoms with E-state index in [0.29, 0.717) is 6.42 Å². The molecule has 1 aromatic rings. The van der Waals surface area contributed by atoms with Gasteiger partial charge in [0.15, 0.2) is 0 Å². The maximum Gasteiger partial charge on any atom is 0.220 e. The molecule has 4 heteroatoms. The van der Waals surface area contributed by atoms with Gasteiger partial charge in [0.05, 0.1) is 6.04 Å². The summed E-state index contributed by atoms with van der Waals surface area (Å²) in [5.41, 5.74) is 0. The molecule has 0 spiro atoms. The number of amides is 1. The van der Waals surface area contributed by atoms with Gasteiger partial charge in [-0.1, -0.05) is 22.0 Å². The Morgan fingerprint density at radius 1 is 1.60 bits per heavy atom. The molecule has 0 unspecified atom stereocenters. The molecular formula is C11H16BrNOS. The van der Waals surface area contributed by atoms with Crippen molar-refractivity contribution in [3.8, 4) is 0 Å². The van der Waals surface area contributed by atoms with Crippen molar-refractivity contribution in [2.75, 3.05) is 5.33 Å². The summed E-state index contributed by atoms with van der Waals surface area (Å²) in [7, 11) is 0. The molecule has 1 atom stereocenters. The highest BCUT2D eigenvalue weighted by Crippen LogP contribution is 2.18. The van der Waals surface area contributed by atoms with E-state index in [0.717, 1.165) is 18.2 Å². The lowest BCUT2D eigenvalue weighted by Crippen LogP contribution is -2.25. The Kier molecular flexibility index (Phi) is 5.95. The van der Waals surface area contributed by atoms with E-state index in [9.17, 15) is 4.79 Å². The molecule has 15 heavy (non-hydrogen) atoms. The maximum atomic E-state index is 11.5. The number of carbonyl (C=O) groups excluding carboxylic acids is 1. The van der Waals surface area contributed by atoms with Crippen LogP contribution in [0.1, 0.15) is 37.1 Å². The van der Waals surface area contributed by atoms with Crippen LogP contribution in [0.5, 0.6) is 0 Å². The topological polar surface area (TPSA) is 29.1 Å². The minimum absolute atomic E-state index is 0.140. The zero-order valence-electron chi connectivity index (χ0n) is 8.83. The van der Waals surface area contributed by atoms with Crippen LogP contribution in [0.15, 0.2) is 17.5 Å². The second kappa shape index (κ2) is 7.01. The lowest BCUT2D eigenvalue weighted by molar-refractivity contribution is -0.121. The van der Waals surface area contributed by atoms with E-state index >= 15 is 0 Å². The number of unbranched alkanes of at least 4 members (excludes halogenated alkanes) is 1. The third kappa shape index (κ3) is 4.80. The molecule has 1 N–H and O–H groups in total. The smallest absolute Gasteiger partial charge is 0.220 e. The first kappa shape index (κ1) is 12.7. The number of carbonyl (C=O) groups is 1. The van der Waals surface area contributed by atoms with Gasteiger partial charge in [0.2, 0.25) is 5.91 Å². The highest BCUT2D eigenvalue weighted by atomic mass is 79.9. The lowest BCUT2D eigenvalue weighted by atomic mass is 10.2. The van der Waals surface area contributed by atoms with Crippen LogP contribution in [-0.2, 0) is 4.79 Å². The zero-order chi connectivity index (χ0) is 11.1. The molecule has 84 valence electrons. The minimum atomic E-state index is 0.140. The van der Waals surface area contributed by atoms with Gasteiger partial charge in [-0.25, -0.2) is 0 Å². The van der Waals surface area contributed by atoms with Crippen LogP contribution in [0.4, 0.5) is 0 Å².